The van der Waals surface area contributed by atoms with Crippen LogP contribution in [-0.4, -0.2) is 54.5 Å². The van der Waals surface area contributed by atoms with Crippen LogP contribution in [0.2, 0.25) is 0 Å². The van der Waals surface area contributed by atoms with Crippen molar-refractivity contribution in [3.05, 3.63) is 71.8 Å². The van der Waals surface area contributed by atoms with Gasteiger partial charge in [-0.25, -0.2) is 0 Å². The van der Waals surface area contributed by atoms with Gasteiger partial charge in [0.2, 0.25) is 5.91 Å². The van der Waals surface area contributed by atoms with E-state index in [-0.39, 0.29) is 23.4 Å². The summed E-state index contributed by atoms with van der Waals surface area (Å²) in [6.45, 7) is 2.37. The molecule has 4 rings (SSSR count). The molecule has 2 aromatic rings. The molecular weight excluding hydrogens is 334 g/mol. The standard InChI is InChI=1S/C23H29N3O/c1-25-16-20(24)15-21(25)22(27)26-14-8-13-23(17-26,18-9-4-2-5-10-18)19-11-6-3-7-12-19/h2-7,9-12,20-21H,8,13-17,24H2,1H3. The van der Waals surface area contributed by atoms with Crippen LogP contribution in [0.15, 0.2) is 60.7 Å². The Hall–Kier alpha value is -2.17. The highest BCUT2D eigenvalue weighted by atomic mass is 16.2. The second-order valence-corrected chi connectivity index (χ2v) is 8.13. The molecule has 0 bridgehead atoms. The molecule has 2 aromatic carbocycles. The summed E-state index contributed by atoms with van der Waals surface area (Å²) in [6, 6.07) is 21.4. The quantitative estimate of drug-likeness (QED) is 0.912. The Morgan fingerprint density at radius 2 is 1.63 bits per heavy atom. The molecule has 4 heteroatoms. The van der Waals surface area contributed by atoms with Gasteiger partial charge in [-0.15, -0.1) is 0 Å². The van der Waals surface area contributed by atoms with Gasteiger partial charge in [0.15, 0.2) is 0 Å². The van der Waals surface area contributed by atoms with Crippen molar-refractivity contribution >= 4 is 5.91 Å². The molecule has 2 N–H and O–H groups in total. The molecular formula is C23H29N3O. The topological polar surface area (TPSA) is 49.6 Å². The van der Waals surface area contributed by atoms with Crippen LogP contribution < -0.4 is 5.73 Å². The first-order chi connectivity index (χ1) is 13.1. The van der Waals surface area contributed by atoms with E-state index in [0.29, 0.717) is 0 Å². The zero-order valence-electron chi connectivity index (χ0n) is 16.1. The minimum Gasteiger partial charge on any atom is -0.340 e. The Labute approximate surface area is 162 Å². The first kappa shape index (κ1) is 18.2. The normalized spacial score (nSPS) is 25.5. The van der Waals surface area contributed by atoms with Crippen molar-refractivity contribution in [2.24, 2.45) is 5.73 Å². The molecule has 0 radical (unpaired) electrons. The Kier molecular flexibility index (Phi) is 5.02. The number of carbonyl (C=O) groups is 1. The van der Waals surface area contributed by atoms with Gasteiger partial charge in [0.05, 0.1) is 6.04 Å². The second-order valence-electron chi connectivity index (χ2n) is 8.13. The van der Waals surface area contributed by atoms with E-state index in [9.17, 15) is 4.79 Å². The number of hydrogen-bond acceptors (Lipinski definition) is 3. The van der Waals surface area contributed by atoms with Gasteiger partial charge in [0.25, 0.3) is 0 Å². The lowest BCUT2D eigenvalue weighted by Gasteiger charge is -2.45. The van der Waals surface area contributed by atoms with Crippen LogP contribution in [0, 0.1) is 0 Å². The molecule has 142 valence electrons. The van der Waals surface area contributed by atoms with Gasteiger partial charge in [0.1, 0.15) is 0 Å². The molecule has 2 saturated heterocycles. The highest BCUT2D eigenvalue weighted by Gasteiger charge is 2.43. The molecule has 0 spiro atoms. The van der Waals surface area contributed by atoms with E-state index < -0.39 is 0 Å². The van der Waals surface area contributed by atoms with Crippen molar-refractivity contribution < 1.29 is 4.79 Å². The number of carbonyl (C=O) groups excluding carboxylic acids is 1. The Bertz CT molecular complexity index is 737. The van der Waals surface area contributed by atoms with E-state index in [4.69, 9.17) is 5.73 Å². The molecule has 27 heavy (non-hydrogen) atoms. The molecule has 2 fully saturated rings. The zero-order valence-corrected chi connectivity index (χ0v) is 16.1. The molecule has 1 amide bonds. The maximum Gasteiger partial charge on any atom is 0.240 e. The Morgan fingerprint density at radius 3 is 2.15 bits per heavy atom. The number of piperidine rings is 1. The summed E-state index contributed by atoms with van der Waals surface area (Å²) in [5.74, 6) is 0.237. The van der Waals surface area contributed by atoms with Crippen molar-refractivity contribution in [3.63, 3.8) is 0 Å². The van der Waals surface area contributed by atoms with E-state index in [1.54, 1.807) is 0 Å². The number of likely N-dealkylation sites (tertiary alicyclic amines) is 2. The average Bonchev–Trinajstić information content (AvgIpc) is 3.06. The van der Waals surface area contributed by atoms with Crippen LogP contribution >= 0.6 is 0 Å². The van der Waals surface area contributed by atoms with E-state index in [1.807, 2.05) is 7.05 Å². The molecule has 2 heterocycles. The maximum atomic E-state index is 13.3. The smallest absolute Gasteiger partial charge is 0.240 e. The molecule has 2 unspecified atom stereocenters. The van der Waals surface area contributed by atoms with Crippen LogP contribution in [0.5, 0.6) is 0 Å². The number of hydrogen-bond donors (Lipinski definition) is 1. The largest absolute Gasteiger partial charge is 0.340 e. The fraction of sp³-hybridized carbons (Fsp3) is 0.435. The van der Waals surface area contributed by atoms with E-state index in [0.717, 1.165) is 38.9 Å². The fourth-order valence-electron chi connectivity index (χ4n) is 4.93. The summed E-state index contributed by atoms with van der Waals surface area (Å²) in [5, 5.41) is 0. The third-order valence-corrected chi connectivity index (χ3v) is 6.32. The predicted octanol–water partition coefficient (Wildman–Crippen LogP) is 2.63. The summed E-state index contributed by atoms with van der Waals surface area (Å²) in [6.07, 6.45) is 2.83. The summed E-state index contributed by atoms with van der Waals surface area (Å²) in [4.78, 5) is 17.5. The third kappa shape index (κ3) is 3.40. The number of nitrogens with zero attached hydrogens (tertiary/aromatic N) is 2. The van der Waals surface area contributed by atoms with Crippen molar-refractivity contribution in [2.75, 3.05) is 26.7 Å². The zero-order chi connectivity index (χ0) is 18.9. The molecule has 2 atom stereocenters. The monoisotopic (exact) mass is 363 g/mol. The summed E-state index contributed by atoms with van der Waals surface area (Å²) in [5.41, 5.74) is 8.56. The number of benzene rings is 2. The second kappa shape index (κ2) is 7.45. The maximum absolute atomic E-state index is 13.3. The summed E-state index contributed by atoms with van der Waals surface area (Å²) >= 11 is 0. The van der Waals surface area contributed by atoms with Crippen LogP contribution in [0.25, 0.3) is 0 Å². The van der Waals surface area contributed by atoms with Gasteiger partial charge in [-0.3, -0.25) is 9.69 Å². The van der Waals surface area contributed by atoms with E-state index in [2.05, 4.69) is 70.5 Å². The van der Waals surface area contributed by atoms with Gasteiger partial charge >= 0.3 is 0 Å². The van der Waals surface area contributed by atoms with Crippen molar-refractivity contribution in [3.8, 4) is 0 Å². The van der Waals surface area contributed by atoms with E-state index in [1.165, 1.54) is 11.1 Å². The highest BCUT2D eigenvalue weighted by molar-refractivity contribution is 5.82. The number of amides is 1. The summed E-state index contributed by atoms with van der Waals surface area (Å²) < 4.78 is 0. The van der Waals surface area contributed by atoms with Crippen molar-refractivity contribution in [1.82, 2.24) is 9.80 Å². The van der Waals surface area contributed by atoms with Gasteiger partial charge in [-0.1, -0.05) is 60.7 Å². The van der Waals surface area contributed by atoms with Gasteiger partial charge < -0.3 is 10.6 Å². The SMILES string of the molecule is CN1CC(N)CC1C(=O)N1CCCC(c2ccccc2)(c2ccccc2)C1. The molecule has 0 saturated carbocycles. The fourth-order valence-corrected chi connectivity index (χ4v) is 4.93. The van der Waals surface area contributed by atoms with Crippen LogP contribution in [0.3, 0.4) is 0 Å². The van der Waals surface area contributed by atoms with Crippen molar-refractivity contribution in [2.45, 2.75) is 36.8 Å². The number of nitrogens with two attached hydrogens (primary N) is 1. The lowest BCUT2D eigenvalue weighted by molar-refractivity contribution is -0.137. The van der Waals surface area contributed by atoms with Crippen LogP contribution in [-0.2, 0) is 10.2 Å². The Balaban J connectivity index is 1.68. The third-order valence-electron chi connectivity index (χ3n) is 6.32. The number of rotatable bonds is 3. The average molecular weight is 364 g/mol. The first-order valence-electron chi connectivity index (χ1n) is 9.96. The lowest BCUT2D eigenvalue weighted by Crippen LogP contribution is -2.53. The molecule has 0 aromatic heterocycles. The van der Waals surface area contributed by atoms with Gasteiger partial charge in [-0.2, -0.15) is 0 Å². The van der Waals surface area contributed by atoms with Crippen LogP contribution in [0.4, 0.5) is 0 Å². The van der Waals surface area contributed by atoms with E-state index >= 15 is 0 Å². The molecule has 2 aliphatic rings. The predicted molar refractivity (Wildman–Crippen MR) is 108 cm³/mol. The Morgan fingerprint density at radius 1 is 1.04 bits per heavy atom. The molecule has 0 aliphatic carbocycles. The first-order valence-corrected chi connectivity index (χ1v) is 9.96. The highest BCUT2D eigenvalue weighted by Crippen LogP contribution is 2.40. The summed E-state index contributed by atoms with van der Waals surface area (Å²) in [7, 11) is 2.01. The van der Waals surface area contributed by atoms with Crippen LogP contribution in [0.1, 0.15) is 30.4 Å². The lowest BCUT2D eigenvalue weighted by atomic mass is 9.69. The minimum absolute atomic E-state index is 0.0812. The number of likely N-dealkylation sites (N-methyl/N-ethyl adjacent to an activating group) is 1. The van der Waals surface area contributed by atoms with Crippen molar-refractivity contribution in [1.29, 1.82) is 0 Å². The minimum atomic E-state index is -0.143. The van der Waals surface area contributed by atoms with Gasteiger partial charge in [-0.05, 0) is 37.4 Å². The molecule has 2 aliphatic heterocycles. The molecule has 4 nitrogen and oxygen atoms in total. The van der Waals surface area contributed by atoms with Gasteiger partial charge in [0, 0.05) is 31.1 Å².